The zero-order valence-electron chi connectivity index (χ0n) is 10.6. The minimum atomic E-state index is -4.12. The summed E-state index contributed by atoms with van der Waals surface area (Å²) in [6, 6.07) is 1.48. The predicted octanol–water partition coefficient (Wildman–Crippen LogP) is 1.39. The predicted molar refractivity (Wildman–Crippen MR) is 72.4 cm³/mol. The molecule has 0 spiro atoms. The topological polar surface area (TPSA) is 80.5 Å². The Morgan fingerprint density at radius 2 is 2.00 bits per heavy atom. The number of amides is 1. The van der Waals surface area contributed by atoms with E-state index in [2.05, 4.69) is 15.9 Å². The van der Waals surface area contributed by atoms with Gasteiger partial charge in [-0.1, -0.05) is 15.9 Å². The van der Waals surface area contributed by atoms with Gasteiger partial charge in [-0.2, -0.15) is 4.31 Å². The third kappa shape index (κ3) is 3.13. The van der Waals surface area contributed by atoms with E-state index in [0.29, 0.717) is 4.47 Å². The van der Waals surface area contributed by atoms with Crippen molar-refractivity contribution in [2.75, 3.05) is 7.05 Å². The van der Waals surface area contributed by atoms with Crippen LogP contribution in [0.3, 0.4) is 0 Å². The number of primary amides is 1. The highest BCUT2D eigenvalue weighted by Crippen LogP contribution is 2.27. The fourth-order valence-corrected chi connectivity index (χ4v) is 3.67. The summed E-state index contributed by atoms with van der Waals surface area (Å²) >= 11 is 3.08. The molecular weight excluding hydrogens is 339 g/mol. The summed E-state index contributed by atoms with van der Waals surface area (Å²) in [5.41, 5.74) is 5.31. The van der Waals surface area contributed by atoms with E-state index in [-0.39, 0.29) is 5.56 Å². The van der Waals surface area contributed by atoms with Crippen LogP contribution in [0, 0.1) is 12.7 Å². The first kappa shape index (κ1) is 16.1. The van der Waals surface area contributed by atoms with Crippen LogP contribution in [-0.4, -0.2) is 31.7 Å². The SMILES string of the molecule is Cc1cc(Br)cc(F)c1S(=O)(=O)N(C)C(C)C(N)=O. The Bertz CT molecular complexity index is 595. The lowest BCUT2D eigenvalue weighted by Gasteiger charge is -2.23. The van der Waals surface area contributed by atoms with E-state index < -0.39 is 32.7 Å². The van der Waals surface area contributed by atoms with E-state index in [4.69, 9.17) is 5.73 Å². The number of carbonyl (C=O) groups is 1. The molecule has 0 aliphatic rings. The Morgan fingerprint density at radius 3 is 2.42 bits per heavy atom. The molecule has 1 atom stereocenters. The van der Waals surface area contributed by atoms with Crippen molar-refractivity contribution in [2.45, 2.75) is 24.8 Å². The maximum absolute atomic E-state index is 13.9. The van der Waals surface area contributed by atoms with Crippen molar-refractivity contribution < 1.29 is 17.6 Å². The Kier molecular flexibility index (Phi) is 4.70. The molecule has 0 fully saturated rings. The Hall–Kier alpha value is -0.990. The molecular formula is C11H14BrFN2O3S. The van der Waals surface area contributed by atoms with Crippen molar-refractivity contribution in [3.8, 4) is 0 Å². The minimum absolute atomic E-state index is 0.246. The van der Waals surface area contributed by atoms with Crippen molar-refractivity contribution in [3.63, 3.8) is 0 Å². The molecule has 1 rings (SSSR count). The number of halogens is 2. The van der Waals surface area contributed by atoms with Crippen molar-refractivity contribution in [3.05, 3.63) is 28.0 Å². The fourth-order valence-electron chi connectivity index (χ4n) is 1.55. The van der Waals surface area contributed by atoms with E-state index in [0.717, 1.165) is 10.4 Å². The summed E-state index contributed by atoms with van der Waals surface area (Å²) in [5, 5.41) is 0. The van der Waals surface area contributed by atoms with E-state index in [1.54, 1.807) is 0 Å². The summed E-state index contributed by atoms with van der Waals surface area (Å²) in [4.78, 5) is 10.6. The lowest BCUT2D eigenvalue weighted by molar-refractivity contribution is -0.120. The normalized spacial score (nSPS) is 13.6. The number of sulfonamides is 1. The number of aryl methyl sites for hydroxylation is 1. The molecule has 0 heterocycles. The second-order valence-corrected chi connectivity index (χ2v) is 6.98. The monoisotopic (exact) mass is 352 g/mol. The van der Waals surface area contributed by atoms with Gasteiger partial charge in [-0.25, -0.2) is 12.8 Å². The van der Waals surface area contributed by atoms with Gasteiger partial charge >= 0.3 is 0 Å². The molecule has 0 aliphatic carbocycles. The van der Waals surface area contributed by atoms with E-state index in [1.165, 1.54) is 27.0 Å². The lowest BCUT2D eigenvalue weighted by atomic mass is 10.2. The molecule has 1 amide bonds. The maximum atomic E-state index is 13.9. The van der Waals surface area contributed by atoms with Crippen molar-refractivity contribution in [1.82, 2.24) is 4.31 Å². The zero-order valence-corrected chi connectivity index (χ0v) is 13.0. The second kappa shape index (κ2) is 5.56. The van der Waals surface area contributed by atoms with E-state index in [9.17, 15) is 17.6 Å². The van der Waals surface area contributed by atoms with Crippen LogP contribution in [0.2, 0.25) is 0 Å². The van der Waals surface area contributed by atoms with Crippen LogP contribution in [-0.2, 0) is 14.8 Å². The molecule has 19 heavy (non-hydrogen) atoms. The first-order chi connectivity index (χ1) is 8.59. The molecule has 0 aliphatic heterocycles. The van der Waals surface area contributed by atoms with Gasteiger partial charge in [0, 0.05) is 11.5 Å². The summed E-state index contributed by atoms with van der Waals surface area (Å²) < 4.78 is 39.7. The number of likely N-dealkylation sites (N-methyl/N-ethyl adjacent to an activating group) is 1. The summed E-state index contributed by atoms with van der Waals surface area (Å²) in [5.74, 6) is -1.68. The van der Waals surface area contributed by atoms with Crippen LogP contribution < -0.4 is 5.73 Å². The molecule has 8 heteroatoms. The average Bonchev–Trinajstić information content (AvgIpc) is 2.24. The van der Waals surface area contributed by atoms with Crippen LogP contribution in [0.15, 0.2) is 21.5 Å². The fraction of sp³-hybridized carbons (Fsp3) is 0.364. The van der Waals surface area contributed by atoms with E-state index in [1.807, 2.05) is 0 Å². The number of nitrogens with zero attached hydrogens (tertiary/aromatic N) is 1. The Balaban J connectivity index is 3.40. The lowest BCUT2D eigenvalue weighted by Crippen LogP contribution is -2.43. The Labute approximate surface area is 119 Å². The molecule has 0 aromatic heterocycles. The van der Waals surface area contributed by atoms with Gasteiger partial charge in [0.2, 0.25) is 15.9 Å². The van der Waals surface area contributed by atoms with Gasteiger partial charge in [0.15, 0.2) is 0 Å². The number of carbonyl (C=O) groups excluding carboxylic acids is 1. The van der Waals surface area contributed by atoms with Gasteiger partial charge in [-0.3, -0.25) is 4.79 Å². The van der Waals surface area contributed by atoms with Gasteiger partial charge < -0.3 is 5.73 Å². The molecule has 0 saturated heterocycles. The van der Waals surface area contributed by atoms with Crippen LogP contribution in [0.5, 0.6) is 0 Å². The molecule has 5 nitrogen and oxygen atoms in total. The second-order valence-electron chi connectivity index (χ2n) is 4.13. The van der Waals surface area contributed by atoms with E-state index >= 15 is 0 Å². The number of hydrogen-bond donors (Lipinski definition) is 1. The summed E-state index contributed by atoms with van der Waals surface area (Å²) in [6.07, 6.45) is 0. The first-order valence-electron chi connectivity index (χ1n) is 5.32. The number of rotatable bonds is 4. The van der Waals surface area contributed by atoms with Crippen molar-refractivity contribution in [2.24, 2.45) is 5.73 Å². The molecule has 1 aromatic rings. The molecule has 106 valence electrons. The third-order valence-corrected chi connectivity index (χ3v) is 5.35. The molecule has 1 aromatic carbocycles. The Morgan fingerprint density at radius 1 is 1.47 bits per heavy atom. The summed E-state index contributed by atoms with van der Waals surface area (Å²) in [6.45, 7) is 2.81. The maximum Gasteiger partial charge on any atom is 0.246 e. The molecule has 0 bridgehead atoms. The van der Waals surface area contributed by atoms with Gasteiger partial charge in [0.05, 0.1) is 0 Å². The molecule has 2 N–H and O–H groups in total. The highest BCUT2D eigenvalue weighted by Gasteiger charge is 2.32. The number of nitrogens with two attached hydrogens (primary N) is 1. The minimum Gasteiger partial charge on any atom is -0.368 e. The van der Waals surface area contributed by atoms with Crippen LogP contribution in [0.4, 0.5) is 4.39 Å². The van der Waals surface area contributed by atoms with Crippen molar-refractivity contribution >= 4 is 31.9 Å². The molecule has 1 unspecified atom stereocenters. The van der Waals surface area contributed by atoms with Gasteiger partial charge in [-0.05, 0) is 31.5 Å². The smallest absolute Gasteiger partial charge is 0.246 e. The van der Waals surface area contributed by atoms with Gasteiger partial charge in [0.1, 0.15) is 16.8 Å². The number of benzene rings is 1. The highest BCUT2D eigenvalue weighted by molar-refractivity contribution is 9.10. The number of hydrogen-bond acceptors (Lipinski definition) is 3. The van der Waals surface area contributed by atoms with Crippen LogP contribution in [0.1, 0.15) is 12.5 Å². The molecule has 0 radical (unpaired) electrons. The first-order valence-corrected chi connectivity index (χ1v) is 7.55. The zero-order chi connectivity index (χ0) is 15.0. The van der Waals surface area contributed by atoms with Crippen molar-refractivity contribution in [1.29, 1.82) is 0 Å². The quantitative estimate of drug-likeness (QED) is 0.888. The van der Waals surface area contributed by atoms with Crippen LogP contribution in [0.25, 0.3) is 0 Å². The summed E-state index contributed by atoms with van der Waals surface area (Å²) in [7, 11) is -2.94. The average molecular weight is 353 g/mol. The van der Waals surface area contributed by atoms with Gasteiger partial charge in [-0.15, -0.1) is 0 Å². The largest absolute Gasteiger partial charge is 0.368 e. The highest BCUT2D eigenvalue weighted by atomic mass is 79.9. The van der Waals surface area contributed by atoms with Gasteiger partial charge in [0.25, 0.3) is 0 Å². The van der Waals surface area contributed by atoms with Crippen LogP contribution >= 0.6 is 15.9 Å². The molecule has 0 saturated carbocycles. The third-order valence-electron chi connectivity index (χ3n) is 2.79. The standard InChI is InChI=1S/C11H14BrFN2O3S/c1-6-4-8(12)5-9(13)10(6)19(17,18)15(3)7(2)11(14)16/h4-5,7H,1-3H3,(H2,14,16).